The van der Waals surface area contributed by atoms with Gasteiger partial charge in [0.1, 0.15) is 0 Å². The molecule has 5 aromatic rings. The van der Waals surface area contributed by atoms with Gasteiger partial charge in [-0.05, 0) is 48.5 Å². The van der Waals surface area contributed by atoms with Crippen molar-refractivity contribution >= 4 is 45.3 Å². The average molecular weight is 391 g/mol. The highest BCUT2D eigenvalue weighted by atomic mass is 35.5. The van der Waals surface area contributed by atoms with Crippen LogP contribution in [0.25, 0.3) is 16.6 Å². The van der Waals surface area contributed by atoms with Crippen molar-refractivity contribution in [3.05, 3.63) is 71.6 Å². The molecule has 28 heavy (non-hydrogen) atoms. The highest BCUT2D eigenvalue weighted by molar-refractivity contribution is 6.30. The number of hydrogen-bond acceptors (Lipinski definition) is 6. The maximum atomic E-state index is 6.04. The molecule has 3 aromatic heterocycles. The summed E-state index contributed by atoms with van der Waals surface area (Å²) in [6.45, 7) is 0.481. The molecule has 8 nitrogen and oxygen atoms in total. The number of rotatable bonds is 5. The Balaban J connectivity index is 1.38. The van der Waals surface area contributed by atoms with Gasteiger partial charge in [-0.1, -0.05) is 17.7 Å². The Kier molecular flexibility index (Phi) is 4.02. The number of aromatic nitrogens is 6. The third-order valence-corrected chi connectivity index (χ3v) is 4.55. The summed E-state index contributed by atoms with van der Waals surface area (Å²) in [5.74, 6) is 1.38. The lowest BCUT2D eigenvalue weighted by Crippen LogP contribution is -2.07. The predicted molar refractivity (Wildman–Crippen MR) is 109 cm³/mol. The van der Waals surface area contributed by atoms with Gasteiger partial charge in [-0.15, -0.1) is 15.3 Å². The fourth-order valence-electron chi connectivity index (χ4n) is 2.95. The van der Waals surface area contributed by atoms with Gasteiger partial charge in [-0.25, -0.2) is 0 Å². The van der Waals surface area contributed by atoms with Crippen LogP contribution >= 0.6 is 11.6 Å². The van der Waals surface area contributed by atoms with Gasteiger partial charge < -0.3 is 10.6 Å². The first-order valence-corrected chi connectivity index (χ1v) is 9.03. The van der Waals surface area contributed by atoms with Gasteiger partial charge in [0, 0.05) is 21.8 Å². The largest absolute Gasteiger partial charge is 0.378 e. The lowest BCUT2D eigenvalue weighted by Gasteiger charge is -2.08. The summed E-state index contributed by atoms with van der Waals surface area (Å²) in [6.07, 6.45) is 1.80. The quantitative estimate of drug-likeness (QED) is 0.419. The van der Waals surface area contributed by atoms with Gasteiger partial charge in [-0.3, -0.25) is 5.10 Å². The van der Waals surface area contributed by atoms with E-state index in [2.05, 4.69) is 36.1 Å². The second kappa shape index (κ2) is 6.82. The maximum Gasteiger partial charge on any atom is 0.178 e. The average Bonchev–Trinajstić information content (AvgIpc) is 3.32. The normalized spacial score (nSPS) is 11.2. The SMILES string of the molecule is Clc1cccc(Nc2ccc3nnc(CNc4ccc5cn[nH]c5c4)n3n2)c1. The van der Waals surface area contributed by atoms with Gasteiger partial charge in [0.25, 0.3) is 0 Å². The lowest BCUT2D eigenvalue weighted by atomic mass is 10.2. The first-order valence-electron chi connectivity index (χ1n) is 8.65. The Hall–Kier alpha value is -3.65. The number of H-pyrrole nitrogens is 1. The number of fused-ring (bicyclic) bond motifs is 2. The van der Waals surface area contributed by atoms with Crippen LogP contribution < -0.4 is 10.6 Å². The Labute approximate surface area is 164 Å². The van der Waals surface area contributed by atoms with Crippen molar-refractivity contribution in [1.82, 2.24) is 30.0 Å². The molecule has 0 saturated carbocycles. The number of aromatic amines is 1. The number of nitrogens with zero attached hydrogens (tertiary/aromatic N) is 5. The van der Waals surface area contributed by atoms with E-state index < -0.39 is 0 Å². The van der Waals surface area contributed by atoms with Crippen molar-refractivity contribution < 1.29 is 0 Å². The summed E-state index contributed by atoms with van der Waals surface area (Å²) in [5, 5.41) is 28.3. The van der Waals surface area contributed by atoms with Crippen molar-refractivity contribution in [3.8, 4) is 0 Å². The molecule has 5 rings (SSSR count). The van der Waals surface area contributed by atoms with Gasteiger partial charge in [0.15, 0.2) is 17.3 Å². The molecule has 0 fully saturated rings. The topological polar surface area (TPSA) is 95.8 Å². The fraction of sp³-hybridized carbons (Fsp3) is 0.0526. The van der Waals surface area contributed by atoms with Crippen LogP contribution in [0.15, 0.2) is 60.8 Å². The molecule has 0 aliphatic heterocycles. The Morgan fingerprint density at radius 3 is 2.89 bits per heavy atom. The Morgan fingerprint density at radius 2 is 1.96 bits per heavy atom. The molecule has 0 atom stereocenters. The van der Waals surface area contributed by atoms with Crippen LogP contribution in [0.2, 0.25) is 5.02 Å². The molecule has 9 heteroatoms. The van der Waals surface area contributed by atoms with Crippen molar-refractivity contribution in [1.29, 1.82) is 0 Å². The van der Waals surface area contributed by atoms with Crippen LogP contribution in [-0.4, -0.2) is 30.0 Å². The summed E-state index contributed by atoms with van der Waals surface area (Å²) in [4.78, 5) is 0. The zero-order valence-corrected chi connectivity index (χ0v) is 15.4. The van der Waals surface area contributed by atoms with Crippen LogP contribution in [0.5, 0.6) is 0 Å². The lowest BCUT2D eigenvalue weighted by molar-refractivity contribution is 0.832. The van der Waals surface area contributed by atoms with Crippen LogP contribution in [0.1, 0.15) is 5.82 Å². The first-order chi connectivity index (χ1) is 13.7. The molecule has 0 saturated heterocycles. The molecule has 0 radical (unpaired) electrons. The summed E-state index contributed by atoms with van der Waals surface area (Å²) in [6, 6.07) is 17.2. The molecule has 0 unspecified atom stereocenters. The Bertz CT molecular complexity index is 1280. The van der Waals surface area contributed by atoms with Crippen LogP contribution in [0, 0.1) is 0 Å². The maximum absolute atomic E-state index is 6.04. The van der Waals surface area contributed by atoms with E-state index in [1.165, 1.54) is 0 Å². The summed E-state index contributed by atoms with van der Waals surface area (Å²) in [5.41, 5.74) is 3.47. The number of halogens is 1. The predicted octanol–water partition coefficient (Wildman–Crippen LogP) is 4.01. The first kappa shape index (κ1) is 16.5. The molecule has 138 valence electrons. The van der Waals surface area contributed by atoms with Gasteiger partial charge in [-0.2, -0.15) is 9.61 Å². The fourth-order valence-corrected chi connectivity index (χ4v) is 3.14. The van der Waals surface area contributed by atoms with Crippen molar-refractivity contribution in [2.45, 2.75) is 6.54 Å². The number of benzene rings is 2. The van der Waals surface area contributed by atoms with Crippen LogP contribution in [0.4, 0.5) is 17.2 Å². The minimum Gasteiger partial charge on any atom is -0.378 e. The molecule has 0 amide bonds. The van der Waals surface area contributed by atoms with E-state index >= 15 is 0 Å². The van der Waals surface area contributed by atoms with Crippen LogP contribution in [-0.2, 0) is 6.54 Å². The summed E-state index contributed by atoms with van der Waals surface area (Å²) >= 11 is 6.04. The zero-order valence-electron chi connectivity index (χ0n) is 14.6. The highest BCUT2D eigenvalue weighted by Gasteiger charge is 2.08. The molecular weight excluding hydrogens is 376 g/mol. The zero-order chi connectivity index (χ0) is 18.9. The molecule has 0 aliphatic rings. The van der Waals surface area contributed by atoms with Gasteiger partial charge in [0.05, 0.1) is 18.3 Å². The van der Waals surface area contributed by atoms with E-state index in [9.17, 15) is 0 Å². The molecule has 2 aromatic carbocycles. The third kappa shape index (κ3) is 3.21. The highest BCUT2D eigenvalue weighted by Crippen LogP contribution is 2.20. The summed E-state index contributed by atoms with van der Waals surface area (Å²) in [7, 11) is 0. The number of hydrogen-bond donors (Lipinski definition) is 3. The minimum absolute atomic E-state index is 0.481. The van der Waals surface area contributed by atoms with E-state index in [1.54, 1.807) is 10.7 Å². The van der Waals surface area contributed by atoms with Crippen molar-refractivity contribution in [2.24, 2.45) is 0 Å². The van der Waals surface area contributed by atoms with E-state index in [1.807, 2.05) is 54.6 Å². The molecule has 0 aliphatic carbocycles. The van der Waals surface area contributed by atoms with Crippen molar-refractivity contribution in [2.75, 3.05) is 10.6 Å². The van der Waals surface area contributed by atoms with Gasteiger partial charge in [0.2, 0.25) is 0 Å². The van der Waals surface area contributed by atoms with Gasteiger partial charge >= 0.3 is 0 Å². The van der Waals surface area contributed by atoms with E-state index in [4.69, 9.17) is 11.6 Å². The molecule has 3 N–H and O–H groups in total. The standard InChI is InChI=1S/C19H15ClN8/c20-13-2-1-3-15(8-13)23-17-6-7-18-25-26-19(28(18)27-17)11-21-14-5-4-12-10-22-24-16(12)9-14/h1-10,21H,11H2,(H,22,24)(H,23,27). The molecular formula is C19H15ClN8. The summed E-state index contributed by atoms with van der Waals surface area (Å²) < 4.78 is 1.72. The Morgan fingerprint density at radius 1 is 1.00 bits per heavy atom. The number of anilines is 3. The number of nitrogens with one attached hydrogen (secondary N) is 3. The van der Waals surface area contributed by atoms with Crippen LogP contribution in [0.3, 0.4) is 0 Å². The molecule has 0 bridgehead atoms. The van der Waals surface area contributed by atoms with Crippen molar-refractivity contribution in [3.63, 3.8) is 0 Å². The second-order valence-corrected chi connectivity index (χ2v) is 6.70. The smallest absolute Gasteiger partial charge is 0.178 e. The third-order valence-electron chi connectivity index (χ3n) is 4.32. The minimum atomic E-state index is 0.481. The van der Waals surface area contributed by atoms with E-state index in [-0.39, 0.29) is 0 Å². The molecule has 3 heterocycles. The van der Waals surface area contributed by atoms with E-state index in [0.717, 1.165) is 22.3 Å². The molecule has 0 spiro atoms. The second-order valence-electron chi connectivity index (χ2n) is 6.27. The monoisotopic (exact) mass is 390 g/mol. The van der Waals surface area contributed by atoms with E-state index in [0.29, 0.717) is 28.9 Å².